The van der Waals surface area contributed by atoms with Gasteiger partial charge < -0.3 is 14.8 Å². The van der Waals surface area contributed by atoms with Gasteiger partial charge in [-0.2, -0.15) is 0 Å². The molecule has 0 aliphatic heterocycles. The molecule has 0 unspecified atom stereocenters. The third kappa shape index (κ3) is 4.91. The van der Waals surface area contributed by atoms with Crippen LogP contribution >= 0.6 is 0 Å². The summed E-state index contributed by atoms with van der Waals surface area (Å²) < 4.78 is 10.9. The average Bonchev–Trinajstić information content (AvgIpc) is 2.78. The van der Waals surface area contributed by atoms with E-state index in [1.807, 2.05) is 36.4 Å². The number of carbonyl (C=O) groups is 2. The second kappa shape index (κ2) is 9.43. The Labute approximate surface area is 181 Å². The van der Waals surface area contributed by atoms with Gasteiger partial charge in [-0.1, -0.05) is 55.0 Å². The van der Waals surface area contributed by atoms with Crippen molar-refractivity contribution in [3.05, 3.63) is 90.1 Å². The molecule has 1 saturated carbocycles. The van der Waals surface area contributed by atoms with Crippen LogP contribution in [0.1, 0.15) is 35.2 Å². The molecule has 3 aromatic rings. The number of hydrogen-bond acceptors (Lipinski definition) is 5. The lowest BCUT2D eigenvalue weighted by atomic mass is 9.64. The Bertz CT molecular complexity index is 1030. The minimum Gasteiger partial charge on any atom is -0.452 e. The molecule has 1 aliphatic rings. The van der Waals surface area contributed by atoms with Gasteiger partial charge in [0.25, 0.3) is 5.91 Å². The summed E-state index contributed by atoms with van der Waals surface area (Å²) in [6, 6.07) is 22.4. The Morgan fingerprint density at radius 1 is 0.935 bits per heavy atom. The van der Waals surface area contributed by atoms with E-state index in [-0.39, 0.29) is 29.4 Å². The minimum atomic E-state index is -0.657. The van der Waals surface area contributed by atoms with E-state index in [9.17, 15) is 9.59 Å². The Kier molecular flexibility index (Phi) is 6.26. The van der Waals surface area contributed by atoms with E-state index < -0.39 is 5.97 Å². The topological polar surface area (TPSA) is 77.5 Å². The van der Waals surface area contributed by atoms with Crippen molar-refractivity contribution < 1.29 is 19.1 Å². The molecule has 1 aromatic heterocycles. The van der Waals surface area contributed by atoms with Crippen molar-refractivity contribution in [1.29, 1.82) is 0 Å². The van der Waals surface area contributed by atoms with Crippen LogP contribution in [0.25, 0.3) is 0 Å². The first-order valence-electron chi connectivity index (χ1n) is 10.3. The van der Waals surface area contributed by atoms with Crippen LogP contribution in [0.4, 0.5) is 0 Å². The van der Waals surface area contributed by atoms with Crippen molar-refractivity contribution in [2.45, 2.75) is 24.7 Å². The molecule has 1 fully saturated rings. The van der Waals surface area contributed by atoms with Crippen molar-refractivity contribution in [3.8, 4) is 11.6 Å². The number of para-hydroxylation sites is 1. The van der Waals surface area contributed by atoms with Crippen LogP contribution in [0, 0.1) is 0 Å². The zero-order valence-electron chi connectivity index (χ0n) is 17.1. The molecule has 0 spiro atoms. The Hall–Kier alpha value is -3.67. The van der Waals surface area contributed by atoms with Gasteiger partial charge in [0.1, 0.15) is 11.3 Å². The summed E-state index contributed by atoms with van der Waals surface area (Å²) in [5.74, 6) is -0.295. The van der Waals surface area contributed by atoms with Gasteiger partial charge in [-0.3, -0.25) is 4.79 Å². The number of nitrogens with one attached hydrogen (secondary N) is 1. The third-order valence-corrected chi connectivity index (χ3v) is 5.60. The summed E-state index contributed by atoms with van der Waals surface area (Å²) >= 11 is 0. The van der Waals surface area contributed by atoms with E-state index in [2.05, 4.69) is 22.4 Å². The molecule has 0 radical (unpaired) electrons. The maximum absolute atomic E-state index is 12.5. The number of aromatic nitrogens is 1. The number of benzene rings is 2. The Morgan fingerprint density at radius 3 is 2.32 bits per heavy atom. The summed E-state index contributed by atoms with van der Waals surface area (Å²) in [5, 5.41) is 2.92. The van der Waals surface area contributed by atoms with Crippen molar-refractivity contribution in [1.82, 2.24) is 10.3 Å². The lowest BCUT2D eigenvalue weighted by molar-refractivity contribution is -0.124. The fourth-order valence-electron chi connectivity index (χ4n) is 3.72. The monoisotopic (exact) mass is 416 g/mol. The number of amides is 1. The number of pyridine rings is 1. The number of nitrogens with zero attached hydrogens (tertiary/aromatic N) is 1. The quantitative estimate of drug-likeness (QED) is 0.555. The second-order valence-corrected chi connectivity index (χ2v) is 7.62. The Balaban J connectivity index is 1.32. The highest BCUT2D eigenvalue weighted by Gasteiger charge is 2.38. The lowest BCUT2D eigenvalue weighted by Gasteiger charge is -2.42. The standard InChI is InChI=1S/C25H24N2O4/c28-22(27-18-25(14-8-15-25)19-9-3-1-4-10-19)17-30-24(29)21-13-7-16-26-23(21)31-20-11-5-2-6-12-20/h1-7,9-13,16H,8,14-15,17-18H2,(H,27,28). The van der Waals surface area contributed by atoms with Crippen LogP contribution < -0.4 is 10.1 Å². The number of hydrogen-bond donors (Lipinski definition) is 1. The molecule has 1 N–H and O–H groups in total. The maximum atomic E-state index is 12.5. The first-order valence-corrected chi connectivity index (χ1v) is 10.3. The highest BCUT2D eigenvalue weighted by molar-refractivity contribution is 5.93. The normalized spacial score (nSPS) is 14.2. The van der Waals surface area contributed by atoms with E-state index in [0.717, 1.165) is 19.3 Å². The second-order valence-electron chi connectivity index (χ2n) is 7.62. The third-order valence-electron chi connectivity index (χ3n) is 5.60. The zero-order chi connectivity index (χ0) is 21.5. The summed E-state index contributed by atoms with van der Waals surface area (Å²) in [5.41, 5.74) is 1.37. The van der Waals surface area contributed by atoms with Crippen LogP contribution in [0.5, 0.6) is 11.6 Å². The predicted molar refractivity (Wildman–Crippen MR) is 116 cm³/mol. The van der Waals surface area contributed by atoms with Crippen molar-refractivity contribution in [3.63, 3.8) is 0 Å². The number of ether oxygens (including phenoxy) is 2. The predicted octanol–water partition coefficient (Wildman–Crippen LogP) is 4.27. The maximum Gasteiger partial charge on any atom is 0.344 e. The zero-order valence-corrected chi connectivity index (χ0v) is 17.1. The fraction of sp³-hybridized carbons (Fsp3) is 0.240. The highest BCUT2D eigenvalue weighted by Crippen LogP contribution is 2.43. The van der Waals surface area contributed by atoms with E-state index in [0.29, 0.717) is 12.3 Å². The van der Waals surface area contributed by atoms with Crippen LogP contribution in [0.15, 0.2) is 79.0 Å². The van der Waals surface area contributed by atoms with Gasteiger partial charge in [0, 0.05) is 18.2 Å². The molecule has 2 aromatic carbocycles. The van der Waals surface area contributed by atoms with Gasteiger partial charge in [-0.05, 0) is 42.7 Å². The summed E-state index contributed by atoms with van der Waals surface area (Å²) in [7, 11) is 0. The molecular formula is C25H24N2O4. The van der Waals surface area contributed by atoms with Crippen molar-refractivity contribution >= 4 is 11.9 Å². The molecule has 0 atom stereocenters. The molecule has 1 amide bonds. The Morgan fingerprint density at radius 2 is 1.65 bits per heavy atom. The van der Waals surface area contributed by atoms with Gasteiger partial charge >= 0.3 is 5.97 Å². The van der Waals surface area contributed by atoms with Crippen LogP contribution in [0.2, 0.25) is 0 Å². The summed E-state index contributed by atoms with van der Waals surface area (Å²) in [6.45, 7) is 0.173. The summed E-state index contributed by atoms with van der Waals surface area (Å²) in [4.78, 5) is 29.0. The number of rotatable bonds is 8. The molecule has 6 nitrogen and oxygen atoms in total. The van der Waals surface area contributed by atoms with Crippen molar-refractivity contribution in [2.75, 3.05) is 13.2 Å². The fourth-order valence-corrected chi connectivity index (χ4v) is 3.72. The van der Waals surface area contributed by atoms with E-state index in [1.54, 1.807) is 24.3 Å². The van der Waals surface area contributed by atoms with Gasteiger partial charge in [0.15, 0.2) is 6.61 Å². The van der Waals surface area contributed by atoms with Gasteiger partial charge in [-0.15, -0.1) is 0 Å². The first-order chi connectivity index (χ1) is 15.2. The van der Waals surface area contributed by atoms with Gasteiger partial charge in [0.05, 0.1) is 0 Å². The van der Waals surface area contributed by atoms with Crippen LogP contribution in [0.3, 0.4) is 0 Å². The van der Waals surface area contributed by atoms with Gasteiger partial charge in [-0.25, -0.2) is 9.78 Å². The van der Waals surface area contributed by atoms with Crippen molar-refractivity contribution in [2.24, 2.45) is 0 Å². The van der Waals surface area contributed by atoms with E-state index >= 15 is 0 Å². The van der Waals surface area contributed by atoms with Crippen LogP contribution in [-0.2, 0) is 14.9 Å². The molecule has 1 heterocycles. The molecule has 158 valence electrons. The highest BCUT2D eigenvalue weighted by atomic mass is 16.5. The molecule has 6 heteroatoms. The largest absolute Gasteiger partial charge is 0.452 e. The minimum absolute atomic E-state index is 0.0268. The smallest absolute Gasteiger partial charge is 0.344 e. The molecule has 4 rings (SSSR count). The van der Waals surface area contributed by atoms with Gasteiger partial charge in [0.2, 0.25) is 5.88 Å². The van der Waals surface area contributed by atoms with E-state index in [1.165, 1.54) is 11.8 Å². The molecule has 0 saturated heterocycles. The number of esters is 1. The molecule has 0 bridgehead atoms. The van der Waals surface area contributed by atoms with E-state index in [4.69, 9.17) is 9.47 Å². The molecular weight excluding hydrogens is 392 g/mol. The average molecular weight is 416 g/mol. The number of carbonyl (C=O) groups excluding carboxylic acids is 2. The first kappa shape index (κ1) is 20.6. The molecule has 31 heavy (non-hydrogen) atoms. The molecule has 1 aliphatic carbocycles. The lowest BCUT2D eigenvalue weighted by Crippen LogP contribution is -2.46. The summed E-state index contributed by atoms with van der Waals surface area (Å²) in [6.07, 6.45) is 4.74. The van der Waals surface area contributed by atoms with Crippen LogP contribution in [-0.4, -0.2) is 30.0 Å². The SMILES string of the molecule is O=C(COC(=O)c1cccnc1Oc1ccccc1)NCC1(c2ccccc2)CCC1.